The lowest BCUT2D eigenvalue weighted by atomic mass is 9.46. The van der Waals surface area contributed by atoms with Crippen LogP contribution in [0.15, 0.2) is 36.5 Å². The molecule has 0 bridgehead atoms. The quantitative estimate of drug-likeness (QED) is 0.604. The number of aliphatic hydroxyl groups excluding tert-OH is 2. The van der Waals surface area contributed by atoms with Gasteiger partial charge in [-0.1, -0.05) is 57.2 Å². The summed E-state index contributed by atoms with van der Waals surface area (Å²) in [7, 11) is 0. The van der Waals surface area contributed by atoms with Crippen LogP contribution in [0.5, 0.6) is 0 Å². The monoisotopic (exact) mass is 304 g/mol. The summed E-state index contributed by atoms with van der Waals surface area (Å²) in [6, 6.07) is 0. The number of aliphatic hydroxyl groups is 2. The second kappa shape index (κ2) is 5.98. The normalized spacial score (nSPS) is 41.9. The summed E-state index contributed by atoms with van der Waals surface area (Å²) in [6.45, 7) is 16.7. The van der Waals surface area contributed by atoms with Gasteiger partial charge in [0.05, 0.1) is 12.2 Å². The number of hydrogen-bond acceptors (Lipinski definition) is 2. The van der Waals surface area contributed by atoms with Crippen LogP contribution >= 0.6 is 0 Å². The van der Waals surface area contributed by atoms with Gasteiger partial charge in [-0.25, -0.2) is 0 Å². The molecule has 2 N–H and O–H groups in total. The van der Waals surface area contributed by atoms with Gasteiger partial charge >= 0.3 is 0 Å². The zero-order valence-electron chi connectivity index (χ0n) is 14.6. The van der Waals surface area contributed by atoms with E-state index in [0.29, 0.717) is 18.3 Å². The van der Waals surface area contributed by atoms with Crippen molar-refractivity contribution in [1.82, 2.24) is 0 Å². The molecule has 0 saturated heterocycles. The lowest BCUT2D eigenvalue weighted by Crippen LogP contribution is -2.60. The van der Waals surface area contributed by atoms with Crippen LogP contribution in [0.25, 0.3) is 0 Å². The van der Waals surface area contributed by atoms with Crippen molar-refractivity contribution < 1.29 is 10.2 Å². The summed E-state index contributed by atoms with van der Waals surface area (Å²) in [4.78, 5) is 0. The number of fused-ring (bicyclic) bond motifs is 1. The van der Waals surface area contributed by atoms with Crippen molar-refractivity contribution >= 4 is 0 Å². The fourth-order valence-electron chi connectivity index (χ4n) is 5.14. The predicted molar refractivity (Wildman–Crippen MR) is 92.4 cm³/mol. The molecule has 5 atom stereocenters. The first kappa shape index (κ1) is 17.5. The number of hydrogen-bond donors (Lipinski definition) is 2. The van der Waals surface area contributed by atoms with E-state index < -0.39 is 12.2 Å². The Labute approximate surface area is 135 Å². The lowest BCUT2D eigenvalue weighted by Gasteiger charge is -2.60. The van der Waals surface area contributed by atoms with Crippen LogP contribution in [0.3, 0.4) is 0 Å². The van der Waals surface area contributed by atoms with Gasteiger partial charge in [0.15, 0.2) is 0 Å². The van der Waals surface area contributed by atoms with Crippen molar-refractivity contribution in [2.75, 3.05) is 0 Å². The Morgan fingerprint density at radius 3 is 2.55 bits per heavy atom. The first-order valence-corrected chi connectivity index (χ1v) is 8.47. The van der Waals surface area contributed by atoms with Gasteiger partial charge in [0.25, 0.3) is 0 Å². The molecule has 2 nitrogen and oxygen atoms in total. The highest BCUT2D eigenvalue weighted by atomic mass is 16.3. The summed E-state index contributed by atoms with van der Waals surface area (Å²) in [5.74, 6) is 0.772. The highest BCUT2D eigenvalue weighted by Crippen LogP contribution is 2.61. The minimum atomic E-state index is -0.644. The van der Waals surface area contributed by atoms with Crippen molar-refractivity contribution in [3.05, 3.63) is 36.5 Å². The van der Waals surface area contributed by atoms with Gasteiger partial charge in [-0.3, -0.25) is 0 Å². The molecule has 22 heavy (non-hydrogen) atoms. The van der Waals surface area contributed by atoms with E-state index in [1.165, 1.54) is 11.1 Å². The highest BCUT2D eigenvalue weighted by Gasteiger charge is 2.58. The van der Waals surface area contributed by atoms with Crippen molar-refractivity contribution in [1.29, 1.82) is 0 Å². The van der Waals surface area contributed by atoms with E-state index in [-0.39, 0.29) is 10.8 Å². The van der Waals surface area contributed by atoms with E-state index in [0.717, 1.165) is 19.3 Å². The van der Waals surface area contributed by atoms with Crippen molar-refractivity contribution in [3.63, 3.8) is 0 Å². The van der Waals surface area contributed by atoms with Gasteiger partial charge in [0, 0.05) is 0 Å². The largest absolute Gasteiger partial charge is 0.390 e. The van der Waals surface area contributed by atoms with Gasteiger partial charge in [-0.15, -0.1) is 0 Å². The van der Waals surface area contributed by atoms with Crippen LogP contribution in [0.2, 0.25) is 0 Å². The minimum absolute atomic E-state index is 0.00453. The molecule has 0 spiro atoms. The summed E-state index contributed by atoms with van der Waals surface area (Å²) >= 11 is 0. The van der Waals surface area contributed by atoms with Gasteiger partial charge < -0.3 is 10.2 Å². The van der Waals surface area contributed by atoms with E-state index >= 15 is 0 Å². The van der Waals surface area contributed by atoms with Gasteiger partial charge in [-0.05, 0) is 55.3 Å². The topological polar surface area (TPSA) is 40.5 Å². The van der Waals surface area contributed by atoms with E-state index in [9.17, 15) is 10.2 Å². The standard InChI is InChI=1S/C20H32O2/c1-7-13(2)8-10-15-14(3)9-11-17-19(4,5)18(22)16(21)12-20(15,17)6/h7-8,15-18,21-22H,1,3,9-12H2,2,4-6H3/b13-8-/t15-,16+,17-,18-,20+/m1/s1. The molecule has 2 aliphatic rings. The van der Waals surface area contributed by atoms with Crippen molar-refractivity contribution in [3.8, 4) is 0 Å². The Hall–Kier alpha value is -0.860. The molecule has 0 heterocycles. The molecule has 0 radical (unpaired) electrons. The molecule has 0 aromatic carbocycles. The molecular formula is C20H32O2. The lowest BCUT2D eigenvalue weighted by molar-refractivity contribution is -0.179. The average molecular weight is 304 g/mol. The maximum Gasteiger partial charge on any atom is 0.0852 e. The molecular weight excluding hydrogens is 272 g/mol. The fraction of sp³-hybridized carbons (Fsp3) is 0.700. The second-order valence-electron chi connectivity index (χ2n) is 8.23. The zero-order valence-corrected chi connectivity index (χ0v) is 14.6. The third-order valence-corrected chi connectivity index (χ3v) is 6.51. The van der Waals surface area contributed by atoms with Gasteiger partial charge in [0.1, 0.15) is 0 Å². The van der Waals surface area contributed by atoms with Crippen LogP contribution in [0.1, 0.15) is 53.4 Å². The van der Waals surface area contributed by atoms with Crippen molar-refractivity contribution in [2.24, 2.45) is 22.7 Å². The van der Waals surface area contributed by atoms with Crippen LogP contribution in [0, 0.1) is 22.7 Å². The van der Waals surface area contributed by atoms with E-state index in [4.69, 9.17) is 0 Å². The molecule has 124 valence electrons. The minimum Gasteiger partial charge on any atom is -0.390 e. The van der Waals surface area contributed by atoms with Crippen LogP contribution < -0.4 is 0 Å². The average Bonchev–Trinajstić information content (AvgIpc) is 2.43. The Kier molecular flexibility index (Phi) is 4.75. The van der Waals surface area contributed by atoms with Crippen LogP contribution in [-0.2, 0) is 0 Å². The summed E-state index contributed by atoms with van der Waals surface area (Å²) in [6.07, 6.45) is 6.54. The molecule has 2 rings (SSSR count). The Morgan fingerprint density at radius 1 is 1.32 bits per heavy atom. The molecule has 0 unspecified atom stereocenters. The molecule has 2 fully saturated rings. The van der Waals surface area contributed by atoms with Gasteiger partial charge in [-0.2, -0.15) is 0 Å². The fourth-order valence-corrected chi connectivity index (χ4v) is 5.14. The number of allylic oxidation sites excluding steroid dienone is 4. The molecule has 0 amide bonds. The Balaban J connectivity index is 2.37. The third-order valence-electron chi connectivity index (χ3n) is 6.51. The maximum atomic E-state index is 10.5. The Morgan fingerprint density at radius 2 is 1.95 bits per heavy atom. The maximum absolute atomic E-state index is 10.5. The first-order valence-electron chi connectivity index (χ1n) is 8.47. The smallest absolute Gasteiger partial charge is 0.0852 e. The SMILES string of the molecule is C=C/C(C)=C\C[C@@H]1C(=C)CC[C@@H]2C(C)(C)[C@H](O)[C@@H](O)C[C@@]12C. The molecule has 0 aromatic heterocycles. The summed E-state index contributed by atoms with van der Waals surface area (Å²) < 4.78 is 0. The van der Waals surface area contributed by atoms with Crippen molar-refractivity contribution in [2.45, 2.75) is 65.6 Å². The summed E-state index contributed by atoms with van der Waals surface area (Å²) in [5.41, 5.74) is 2.22. The molecule has 2 heteroatoms. The molecule has 2 saturated carbocycles. The molecule has 2 aliphatic carbocycles. The summed E-state index contributed by atoms with van der Waals surface area (Å²) in [5, 5.41) is 20.9. The zero-order chi connectivity index (χ0) is 16.7. The van der Waals surface area contributed by atoms with E-state index in [1.54, 1.807) is 0 Å². The van der Waals surface area contributed by atoms with E-state index in [1.807, 2.05) is 6.08 Å². The van der Waals surface area contributed by atoms with Crippen LogP contribution in [-0.4, -0.2) is 22.4 Å². The Bertz CT molecular complexity index is 488. The van der Waals surface area contributed by atoms with Crippen LogP contribution in [0.4, 0.5) is 0 Å². The predicted octanol–water partition coefficient (Wildman–Crippen LogP) is 4.25. The molecule has 0 aliphatic heterocycles. The third kappa shape index (κ3) is 2.72. The molecule has 0 aromatic rings. The van der Waals surface area contributed by atoms with E-state index in [2.05, 4.69) is 46.9 Å². The highest BCUT2D eigenvalue weighted by molar-refractivity contribution is 5.21. The number of rotatable bonds is 3. The van der Waals surface area contributed by atoms with Gasteiger partial charge in [0.2, 0.25) is 0 Å². The second-order valence-corrected chi connectivity index (χ2v) is 8.23. The first-order chi connectivity index (χ1) is 10.1.